The Morgan fingerprint density at radius 2 is 1.77 bits per heavy atom. The van der Waals surface area contributed by atoms with E-state index in [0.29, 0.717) is 36.1 Å². The fourth-order valence-corrected chi connectivity index (χ4v) is 4.67. The number of nitrogens with one attached hydrogen (secondary N) is 1. The Balaban J connectivity index is 1.85. The van der Waals surface area contributed by atoms with Crippen LogP contribution in [0.4, 0.5) is 5.69 Å². The van der Waals surface area contributed by atoms with Crippen molar-refractivity contribution in [3.8, 4) is 17.2 Å². The van der Waals surface area contributed by atoms with Crippen LogP contribution in [-0.2, 0) is 14.8 Å². The van der Waals surface area contributed by atoms with Gasteiger partial charge in [-0.25, -0.2) is 8.42 Å². The molecular weight excluding hydrogens is 420 g/mol. The number of hydrogen-bond acceptors (Lipinski definition) is 6. The molecule has 0 aromatic heterocycles. The molecule has 2 unspecified atom stereocenters. The second kappa shape index (κ2) is 9.05. The Morgan fingerprint density at radius 1 is 1.10 bits per heavy atom. The van der Waals surface area contributed by atoms with E-state index in [1.807, 2.05) is 32.0 Å². The highest BCUT2D eigenvalue weighted by molar-refractivity contribution is 7.92. The van der Waals surface area contributed by atoms with Gasteiger partial charge in [0.05, 0.1) is 25.1 Å². The van der Waals surface area contributed by atoms with Gasteiger partial charge in [0.15, 0.2) is 11.5 Å². The van der Waals surface area contributed by atoms with Crippen molar-refractivity contribution in [1.29, 1.82) is 0 Å². The zero-order valence-corrected chi connectivity index (χ0v) is 19.2. The Labute approximate surface area is 183 Å². The summed E-state index contributed by atoms with van der Waals surface area (Å²) < 4.78 is 42.8. The molecule has 2 atom stereocenters. The predicted octanol–water partition coefficient (Wildman–Crippen LogP) is 2.81. The number of anilines is 1. The third-order valence-corrected chi connectivity index (χ3v) is 6.31. The van der Waals surface area contributed by atoms with Crippen molar-refractivity contribution in [2.45, 2.75) is 32.9 Å². The first-order valence-corrected chi connectivity index (χ1v) is 11.8. The first kappa shape index (κ1) is 22.7. The molecule has 8 nitrogen and oxygen atoms in total. The number of nitrogens with zero attached hydrogens (tertiary/aromatic N) is 1. The molecule has 1 N–H and O–H groups in total. The van der Waals surface area contributed by atoms with Gasteiger partial charge < -0.3 is 19.5 Å². The first-order chi connectivity index (χ1) is 14.6. The summed E-state index contributed by atoms with van der Waals surface area (Å²) in [5.74, 6) is 1.23. The zero-order valence-electron chi connectivity index (χ0n) is 18.3. The Kier molecular flexibility index (Phi) is 6.64. The Bertz CT molecular complexity index is 1070. The molecule has 1 aliphatic rings. The molecule has 3 rings (SSSR count). The maximum Gasteiger partial charge on any atom is 0.244 e. The van der Waals surface area contributed by atoms with Crippen LogP contribution in [0.5, 0.6) is 17.2 Å². The summed E-state index contributed by atoms with van der Waals surface area (Å²) in [6.45, 7) is 6.19. The molecule has 0 saturated carbocycles. The number of benzene rings is 2. The minimum atomic E-state index is -3.77. The van der Waals surface area contributed by atoms with Crippen molar-refractivity contribution >= 4 is 21.6 Å². The third kappa shape index (κ3) is 5.04. The van der Waals surface area contributed by atoms with Crippen molar-refractivity contribution in [1.82, 2.24) is 5.32 Å². The van der Waals surface area contributed by atoms with Gasteiger partial charge in [-0.3, -0.25) is 9.10 Å². The lowest BCUT2D eigenvalue weighted by molar-refractivity contribution is -0.122. The second-order valence-electron chi connectivity index (χ2n) is 7.54. The first-order valence-electron chi connectivity index (χ1n) is 9.95. The molecule has 0 aliphatic carbocycles. The molecule has 2 aromatic carbocycles. The van der Waals surface area contributed by atoms with Crippen LogP contribution in [0.15, 0.2) is 36.4 Å². The van der Waals surface area contributed by atoms with Gasteiger partial charge >= 0.3 is 0 Å². The van der Waals surface area contributed by atoms with Gasteiger partial charge in [0.1, 0.15) is 25.0 Å². The highest BCUT2D eigenvalue weighted by Crippen LogP contribution is 2.34. The number of fused-ring (bicyclic) bond motifs is 1. The van der Waals surface area contributed by atoms with E-state index in [4.69, 9.17) is 14.2 Å². The third-order valence-electron chi connectivity index (χ3n) is 5.09. The fraction of sp³-hybridized carbons (Fsp3) is 0.409. The average Bonchev–Trinajstić information content (AvgIpc) is 2.72. The van der Waals surface area contributed by atoms with E-state index in [1.165, 1.54) is 7.11 Å². The number of rotatable bonds is 7. The topological polar surface area (TPSA) is 94.2 Å². The quantitative estimate of drug-likeness (QED) is 0.700. The number of methoxy groups -OCH3 is 1. The number of amides is 1. The van der Waals surface area contributed by atoms with Crippen LogP contribution in [0.3, 0.4) is 0 Å². The van der Waals surface area contributed by atoms with Crippen LogP contribution < -0.4 is 23.8 Å². The summed E-state index contributed by atoms with van der Waals surface area (Å²) in [7, 11) is -2.31. The number of carbonyl (C=O) groups is 1. The van der Waals surface area contributed by atoms with Crippen molar-refractivity contribution < 1.29 is 27.4 Å². The van der Waals surface area contributed by atoms with E-state index in [1.54, 1.807) is 25.1 Å². The maximum absolute atomic E-state index is 13.0. The van der Waals surface area contributed by atoms with Gasteiger partial charge in [0, 0.05) is 0 Å². The second-order valence-corrected chi connectivity index (χ2v) is 9.40. The summed E-state index contributed by atoms with van der Waals surface area (Å²) in [4.78, 5) is 13.0. The Hall–Kier alpha value is -2.94. The molecule has 9 heteroatoms. The standard InChI is InChI=1S/C22H28N2O6S/c1-14-6-8-19(28-4)18(12-14)24(31(5,26)27)16(3)22(25)23-15(2)17-7-9-20-21(13-17)30-11-10-29-20/h6-9,12-13,15-16H,10-11H2,1-5H3,(H,23,25). The molecule has 1 amide bonds. The summed E-state index contributed by atoms with van der Waals surface area (Å²) in [5.41, 5.74) is 1.99. The van der Waals surface area contributed by atoms with E-state index in [-0.39, 0.29) is 6.04 Å². The van der Waals surface area contributed by atoms with E-state index >= 15 is 0 Å². The SMILES string of the molecule is COc1ccc(C)cc1N(C(C)C(=O)NC(C)c1ccc2c(c1)OCCO2)S(C)(=O)=O. The summed E-state index contributed by atoms with van der Waals surface area (Å²) in [6, 6.07) is 9.30. The molecule has 0 bridgehead atoms. The Morgan fingerprint density at radius 3 is 2.42 bits per heavy atom. The lowest BCUT2D eigenvalue weighted by Gasteiger charge is -2.30. The normalized spacial score (nSPS) is 15.0. The molecule has 168 valence electrons. The minimum Gasteiger partial charge on any atom is -0.495 e. The van der Waals surface area contributed by atoms with Crippen LogP contribution in [0.1, 0.15) is 31.0 Å². The summed E-state index contributed by atoms with van der Waals surface area (Å²) in [5, 5.41) is 2.89. The van der Waals surface area contributed by atoms with Crippen molar-refractivity contribution in [2.24, 2.45) is 0 Å². The monoisotopic (exact) mass is 448 g/mol. The van der Waals surface area contributed by atoms with Crippen molar-refractivity contribution in [2.75, 3.05) is 30.9 Å². The molecule has 0 saturated heterocycles. The van der Waals surface area contributed by atoms with Gasteiger partial charge in [-0.2, -0.15) is 0 Å². The molecular formula is C22H28N2O6S. The zero-order chi connectivity index (χ0) is 22.8. The van der Waals surface area contributed by atoms with E-state index in [2.05, 4.69) is 5.32 Å². The number of aryl methyl sites for hydroxylation is 1. The predicted molar refractivity (Wildman–Crippen MR) is 119 cm³/mol. The molecule has 0 spiro atoms. The highest BCUT2D eigenvalue weighted by Gasteiger charge is 2.32. The number of carbonyl (C=O) groups excluding carboxylic acids is 1. The van der Waals surface area contributed by atoms with Crippen molar-refractivity contribution in [3.63, 3.8) is 0 Å². The molecule has 0 fully saturated rings. The van der Waals surface area contributed by atoms with Gasteiger partial charge in [0.25, 0.3) is 0 Å². The van der Waals surface area contributed by atoms with E-state index in [0.717, 1.165) is 21.7 Å². The molecule has 0 radical (unpaired) electrons. The molecule has 31 heavy (non-hydrogen) atoms. The number of sulfonamides is 1. The van der Waals surface area contributed by atoms with Crippen LogP contribution in [0, 0.1) is 6.92 Å². The maximum atomic E-state index is 13.0. The lowest BCUT2D eigenvalue weighted by atomic mass is 10.1. The molecule has 2 aromatic rings. The van der Waals surface area contributed by atoms with Crippen LogP contribution in [-0.4, -0.2) is 46.9 Å². The van der Waals surface area contributed by atoms with E-state index < -0.39 is 22.0 Å². The summed E-state index contributed by atoms with van der Waals surface area (Å²) in [6.07, 6.45) is 1.07. The van der Waals surface area contributed by atoms with Gasteiger partial charge in [0.2, 0.25) is 15.9 Å². The molecule has 1 heterocycles. The lowest BCUT2D eigenvalue weighted by Crippen LogP contribution is -2.48. The average molecular weight is 449 g/mol. The summed E-state index contributed by atoms with van der Waals surface area (Å²) >= 11 is 0. The minimum absolute atomic E-state index is 0.319. The number of hydrogen-bond donors (Lipinski definition) is 1. The molecule has 1 aliphatic heterocycles. The van der Waals surface area contributed by atoms with Gasteiger partial charge in [-0.1, -0.05) is 12.1 Å². The largest absolute Gasteiger partial charge is 0.495 e. The highest BCUT2D eigenvalue weighted by atomic mass is 32.2. The van der Waals surface area contributed by atoms with Crippen LogP contribution in [0.2, 0.25) is 0 Å². The van der Waals surface area contributed by atoms with Gasteiger partial charge in [-0.15, -0.1) is 0 Å². The number of ether oxygens (including phenoxy) is 3. The van der Waals surface area contributed by atoms with E-state index in [9.17, 15) is 13.2 Å². The smallest absolute Gasteiger partial charge is 0.244 e. The van der Waals surface area contributed by atoms with Gasteiger partial charge in [-0.05, 0) is 56.2 Å². The van der Waals surface area contributed by atoms with Crippen LogP contribution in [0.25, 0.3) is 0 Å². The van der Waals surface area contributed by atoms with Crippen LogP contribution >= 0.6 is 0 Å². The van der Waals surface area contributed by atoms with Crippen molar-refractivity contribution in [3.05, 3.63) is 47.5 Å². The fourth-order valence-electron chi connectivity index (χ4n) is 3.50.